The number of thiol groups is 1. The van der Waals surface area contributed by atoms with Crippen molar-refractivity contribution in [3.8, 4) is 0 Å². The lowest BCUT2D eigenvalue weighted by molar-refractivity contribution is 0.610. The highest BCUT2D eigenvalue weighted by Crippen LogP contribution is 1.49. The maximum atomic E-state index is 9.57. The van der Waals surface area contributed by atoms with E-state index in [2.05, 4.69) is 5.32 Å². The first-order chi connectivity index (χ1) is 2.77. The molecule has 0 heterocycles. The minimum Gasteiger partial charge on any atom is -0.307 e. The summed E-state index contributed by atoms with van der Waals surface area (Å²) in [5.74, 6) is 0.0787. The maximum absolute atomic E-state index is 9.57. The molecule has 3 nitrogen and oxygen atoms in total. The molecular formula is C2H7NO2S. The second-order valence-electron chi connectivity index (χ2n) is 0.844. The third kappa shape index (κ3) is 3.91. The van der Waals surface area contributed by atoms with E-state index in [-0.39, 0.29) is 5.88 Å². The van der Waals surface area contributed by atoms with Crippen LogP contribution in [0.3, 0.4) is 0 Å². The summed E-state index contributed by atoms with van der Waals surface area (Å²) in [5.41, 5.74) is 0. The minimum absolute atomic E-state index is 0.0787. The van der Waals surface area contributed by atoms with Crippen LogP contribution in [0.25, 0.3) is 0 Å². The highest BCUT2D eigenvalue weighted by atomic mass is 32.2. The first-order valence-corrected chi connectivity index (χ1v) is 2.90. The zero-order valence-electron chi connectivity index (χ0n) is 3.47. The van der Waals surface area contributed by atoms with Gasteiger partial charge in [0.1, 0.15) is 0 Å². The van der Waals surface area contributed by atoms with E-state index in [1.165, 1.54) is 0 Å². The van der Waals surface area contributed by atoms with Crippen LogP contribution < -0.4 is 5.32 Å². The Morgan fingerprint density at radius 3 is 2.17 bits per heavy atom. The molecule has 0 saturated heterocycles. The monoisotopic (exact) mass is 109 g/mol. The van der Waals surface area contributed by atoms with Crippen molar-refractivity contribution in [2.75, 3.05) is 12.9 Å². The fourth-order valence-corrected chi connectivity index (χ4v) is 0.387. The molecule has 38 valence electrons. The fraction of sp³-hybridized carbons (Fsp3) is 1.00. The third-order valence-electron chi connectivity index (χ3n) is 0.287. The Morgan fingerprint density at radius 1 is 1.67 bits per heavy atom. The molecule has 0 unspecified atom stereocenters. The van der Waals surface area contributed by atoms with E-state index in [0.717, 1.165) is 0 Å². The molecule has 0 aromatic rings. The van der Waals surface area contributed by atoms with E-state index in [4.69, 9.17) is 0 Å². The summed E-state index contributed by atoms with van der Waals surface area (Å²) in [7, 11) is -0.623. The predicted octanol–water partition coefficient (Wildman–Crippen LogP) is -1.23. The minimum atomic E-state index is -2.21. The zero-order chi connectivity index (χ0) is 4.99. The summed E-state index contributed by atoms with van der Waals surface area (Å²) in [6.45, 7) is 0. The standard InChI is InChI=1S/C2H7NO2S/c1-3-2-6(4)5/h3,6H,2H2,1H3. The molecule has 6 heavy (non-hydrogen) atoms. The van der Waals surface area contributed by atoms with Crippen LogP contribution in [0.5, 0.6) is 0 Å². The molecule has 0 aliphatic heterocycles. The zero-order valence-corrected chi connectivity index (χ0v) is 4.37. The number of hydrogen-bond donors (Lipinski definition) is 2. The summed E-state index contributed by atoms with van der Waals surface area (Å²) < 4.78 is 19.1. The van der Waals surface area contributed by atoms with Crippen molar-refractivity contribution in [2.45, 2.75) is 0 Å². The van der Waals surface area contributed by atoms with Gasteiger partial charge in [-0.1, -0.05) is 0 Å². The Labute approximate surface area is 38.3 Å². The van der Waals surface area contributed by atoms with E-state index in [9.17, 15) is 8.42 Å². The summed E-state index contributed by atoms with van der Waals surface area (Å²) in [6.07, 6.45) is 0. The second-order valence-corrected chi connectivity index (χ2v) is 1.83. The molecule has 0 radical (unpaired) electrons. The highest BCUT2D eigenvalue weighted by molar-refractivity contribution is 7.72. The average molecular weight is 109 g/mol. The van der Waals surface area contributed by atoms with Gasteiger partial charge in [0.05, 0.1) is 5.88 Å². The van der Waals surface area contributed by atoms with Gasteiger partial charge in [0.15, 0.2) is 10.7 Å². The molecule has 0 aromatic carbocycles. The van der Waals surface area contributed by atoms with E-state index in [1.54, 1.807) is 7.05 Å². The highest BCUT2D eigenvalue weighted by Gasteiger charge is 1.73. The molecule has 0 spiro atoms. The first kappa shape index (κ1) is 5.91. The lowest BCUT2D eigenvalue weighted by atomic mass is 11.3. The van der Waals surface area contributed by atoms with Crippen LogP contribution in [-0.4, -0.2) is 21.3 Å². The van der Waals surface area contributed by atoms with Gasteiger partial charge >= 0.3 is 0 Å². The van der Waals surface area contributed by atoms with E-state index in [0.29, 0.717) is 0 Å². The molecule has 0 saturated carbocycles. The molecule has 0 atom stereocenters. The van der Waals surface area contributed by atoms with Crippen molar-refractivity contribution in [1.82, 2.24) is 5.32 Å². The smallest absolute Gasteiger partial charge is 0.153 e. The van der Waals surface area contributed by atoms with Gasteiger partial charge in [-0.05, 0) is 7.05 Å². The summed E-state index contributed by atoms with van der Waals surface area (Å²) in [5, 5.41) is 2.47. The Balaban J connectivity index is 3.07. The van der Waals surface area contributed by atoms with Crippen molar-refractivity contribution in [2.24, 2.45) is 0 Å². The molecule has 4 heteroatoms. The van der Waals surface area contributed by atoms with Gasteiger partial charge in [-0.2, -0.15) is 0 Å². The van der Waals surface area contributed by atoms with Crippen LogP contribution in [0.15, 0.2) is 0 Å². The Kier molecular flexibility index (Phi) is 3.07. The average Bonchev–Trinajstić information content (AvgIpc) is 1.35. The van der Waals surface area contributed by atoms with Gasteiger partial charge in [-0.15, -0.1) is 0 Å². The van der Waals surface area contributed by atoms with Crippen molar-refractivity contribution in [3.63, 3.8) is 0 Å². The molecule has 0 amide bonds. The van der Waals surface area contributed by atoms with Gasteiger partial charge in [-0.3, -0.25) is 0 Å². The summed E-state index contributed by atoms with van der Waals surface area (Å²) >= 11 is 0. The SMILES string of the molecule is CNC[SH](=O)=O. The number of nitrogens with one attached hydrogen (secondary N) is 1. The van der Waals surface area contributed by atoms with E-state index < -0.39 is 10.7 Å². The van der Waals surface area contributed by atoms with Gasteiger partial charge in [0.2, 0.25) is 0 Å². The molecule has 0 rings (SSSR count). The van der Waals surface area contributed by atoms with Gasteiger partial charge < -0.3 is 5.32 Å². The first-order valence-electron chi connectivity index (χ1n) is 1.53. The quantitative estimate of drug-likeness (QED) is 0.437. The molecule has 1 N–H and O–H groups in total. The third-order valence-corrected chi connectivity index (χ3v) is 0.862. The fourth-order valence-electron chi connectivity index (χ4n) is 0.129. The lowest BCUT2D eigenvalue weighted by Crippen LogP contribution is -2.07. The van der Waals surface area contributed by atoms with Gasteiger partial charge in [0, 0.05) is 0 Å². The largest absolute Gasteiger partial charge is 0.307 e. The molecular weight excluding hydrogens is 102 g/mol. The van der Waals surface area contributed by atoms with Crippen LogP contribution in [0.2, 0.25) is 0 Å². The summed E-state index contributed by atoms with van der Waals surface area (Å²) in [6, 6.07) is 0. The number of hydrogen-bond acceptors (Lipinski definition) is 3. The molecule has 0 bridgehead atoms. The van der Waals surface area contributed by atoms with E-state index in [1.807, 2.05) is 0 Å². The van der Waals surface area contributed by atoms with Crippen LogP contribution >= 0.6 is 0 Å². The normalized spacial score (nSPS) is 9.67. The predicted molar refractivity (Wildman–Crippen MR) is 24.2 cm³/mol. The van der Waals surface area contributed by atoms with Crippen molar-refractivity contribution < 1.29 is 8.42 Å². The second kappa shape index (κ2) is 3.11. The molecule has 0 fully saturated rings. The van der Waals surface area contributed by atoms with Crippen molar-refractivity contribution in [1.29, 1.82) is 0 Å². The topological polar surface area (TPSA) is 46.2 Å². The Hall–Kier alpha value is -0.0900. The van der Waals surface area contributed by atoms with Crippen LogP contribution in [0.1, 0.15) is 0 Å². The molecule has 0 aromatic heterocycles. The van der Waals surface area contributed by atoms with Crippen molar-refractivity contribution >= 4 is 10.7 Å². The van der Waals surface area contributed by atoms with Crippen LogP contribution in [-0.2, 0) is 10.7 Å². The summed E-state index contributed by atoms with van der Waals surface area (Å²) in [4.78, 5) is 0. The van der Waals surface area contributed by atoms with Crippen molar-refractivity contribution in [3.05, 3.63) is 0 Å². The lowest BCUT2D eigenvalue weighted by Gasteiger charge is -1.78. The number of rotatable bonds is 2. The van der Waals surface area contributed by atoms with Crippen LogP contribution in [0, 0.1) is 0 Å². The van der Waals surface area contributed by atoms with Gasteiger partial charge in [0.25, 0.3) is 0 Å². The molecule has 0 aliphatic carbocycles. The maximum Gasteiger partial charge on any atom is 0.153 e. The van der Waals surface area contributed by atoms with E-state index >= 15 is 0 Å². The Bertz CT molecular complexity index is 79.5. The molecule has 0 aliphatic rings. The van der Waals surface area contributed by atoms with Gasteiger partial charge in [-0.25, -0.2) is 8.42 Å². The Morgan fingerprint density at radius 2 is 2.17 bits per heavy atom. The van der Waals surface area contributed by atoms with Crippen LogP contribution in [0.4, 0.5) is 0 Å².